The number of carbonyl (C=O) groups is 1. The summed E-state index contributed by atoms with van der Waals surface area (Å²) < 4.78 is 38.8. The molecule has 0 aliphatic rings. The highest BCUT2D eigenvalue weighted by atomic mass is 32.2. The Labute approximate surface area is 83.3 Å². The van der Waals surface area contributed by atoms with Crippen LogP contribution in [0.1, 0.15) is 17.3 Å². The minimum Gasteiger partial charge on any atom is -0.294 e. The van der Waals surface area contributed by atoms with Crippen molar-refractivity contribution < 1.29 is 18.0 Å². The fourth-order valence-electron chi connectivity index (χ4n) is 0.985. The average Bonchev–Trinajstić information content (AvgIpc) is 2.14. The van der Waals surface area contributed by atoms with Crippen molar-refractivity contribution in [2.45, 2.75) is 11.8 Å². The second-order valence-electron chi connectivity index (χ2n) is 2.62. The fraction of sp³-hybridized carbons (Fsp3) is 0.222. The van der Waals surface area contributed by atoms with Gasteiger partial charge in [-0.3, -0.25) is 4.79 Å². The van der Waals surface area contributed by atoms with Gasteiger partial charge in [-0.05, 0) is 19.2 Å². The lowest BCUT2D eigenvalue weighted by Crippen LogP contribution is -2.03. The third-order valence-corrected chi connectivity index (χ3v) is 2.45. The van der Waals surface area contributed by atoms with E-state index in [9.17, 15) is 18.0 Å². The first-order valence-electron chi connectivity index (χ1n) is 3.71. The molecule has 0 N–H and O–H groups in total. The van der Waals surface area contributed by atoms with Gasteiger partial charge in [0.25, 0.3) is 0 Å². The van der Waals surface area contributed by atoms with Crippen molar-refractivity contribution in [1.82, 2.24) is 0 Å². The maximum atomic E-state index is 13.0. The van der Waals surface area contributed by atoms with Crippen molar-refractivity contribution in [3.8, 4) is 0 Å². The fourth-order valence-corrected chi connectivity index (χ4v) is 1.49. The molecule has 0 fully saturated rings. The van der Waals surface area contributed by atoms with Gasteiger partial charge in [0, 0.05) is 4.90 Å². The molecule has 0 aromatic heterocycles. The molecule has 1 aromatic rings. The minimum absolute atomic E-state index is 0.0749. The molecular formula is C9H7F3OS. The van der Waals surface area contributed by atoms with Gasteiger partial charge in [-0.1, -0.05) is 0 Å². The van der Waals surface area contributed by atoms with E-state index in [2.05, 4.69) is 0 Å². The summed E-state index contributed by atoms with van der Waals surface area (Å²) in [7, 11) is 0. The van der Waals surface area contributed by atoms with Gasteiger partial charge in [0.15, 0.2) is 23.2 Å². The average molecular weight is 220 g/mol. The molecule has 0 aliphatic carbocycles. The number of thioether (sulfide) groups is 1. The van der Waals surface area contributed by atoms with Crippen LogP contribution in [0.25, 0.3) is 0 Å². The number of Topliss-reactive ketones (excluding diaryl/α,β-unsaturated/α-hetero) is 1. The molecule has 0 spiro atoms. The Kier molecular flexibility index (Phi) is 3.21. The number of hydrogen-bond donors (Lipinski definition) is 0. The summed E-state index contributed by atoms with van der Waals surface area (Å²) >= 11 is 0.916. The SMILES string of the molecule is CSc1cc(C(C)=O)c(F)c(F)c1F. The summed E-state index contributed by atoms with van der Waals surface area (Å²) in [5.41, 5.74) is -0.423. The number of hydrogen-bond acceptors (Lipinski definition) is 2. The molecule has 14 heavy (non-hydrogen) atoms. The minimum atomic E-state index is -1.60. The maximum Gasteiger partial charge on any atom is 0.196 e. The third kappa shape index (κ3) is 1.77. The van der Waals surface area contributed by atoms with Gasteiger partial charge in [-0.15, -0.1) is 11.8 Å². The van der Waals surface area contributed by atoms with Crippen LogP contribution in [-0.4, -0.2) is 12.0 Å². The molecule has 0 atom stereocenters. The van der Waals surface area contributed by atoms with Crippen LogP contribution in [0.3, 0.4) is 0 Å². The molecule has 0 heterocycles. The van der Waals surface area contributed by atoms with Crippen LogP contribution in [0.5, 0.6) is 0 Å². The van der Waals surface area contributed by atoms with E-state index >= 15 is 0 Å². The van der Waals surface area contributed by atoms with Crippen molar-refractivity contribution in [1.29, 1.82) is 0 Å². The van der Waals surface area contributed by atoms with E-state index in [1.54, 1.807) is 0 Å². The third-order valence-electron chi connectivity index (χ3n) is 1.71. The molecule has 0 unspecified atom stereocenters. The number of carbonyl (C=O) groups excluding carboxylic acids is 1. The van der Waals surface area contributed by atoms with E-state index in [0.29, 0.717) is 0 Å². The first kappa shape index (κ1) is 11.1. The molecule has 0 aliphatic heterocycles. The normalized spacial score (nSPS) is 10.4. The van der Waals surface area contributed by atoms with Crippen molar-refractivity contribution in [3.63, 3.8) is 0 Å². The lowest BCUT2D eigenvalue weighted by molar-refractivity contribution is 0.101. The first-order valence-corrected chi connectivity index (χ1v) is 4.94. The number of rotatable bonds is 2. The van der Waals surface area contributed by atoms with Gasteiger partial charge in [-0.25, -0.2) is 13.2 Å². The largest absolute Gasteiger partial charge is 0.294 e. The molecule has 0 saturated carbocycles. The molecule has 5 heteroatoms. The van der Waals surface area contributed by atoms with E-state index < -0.39 is 28.8 Å². The number of benzene rings is 1. The van der Waals surface area contributed by atoms with Crippen LogP contribution in [-0.2, 0) is 0 Å². The van der Waals surface area contributed by atoms with Crippen LogP contribution < -0.4 is 0 Å². The Bertz CT molecular complexity index is 390. The highest BCUT2D eigenvalue weighted by Crippen LogP contribution is 2.26. The molecule has 1 aromatic carbocycles. The van der Waals surface area contributed by atoms with E-state index in [4.69, 9.17) is 0 Å². The molecule has 1 nitrogen and oxygen atoms in total. The Morgan fingerprint density at radius 3 is 2.21 bits per heavy atom. The van der Waals surface area contributed by atoms with Gasteiger partial charge < -0.3 is 0 Å². The van der Waals surface area contributed by atoms with Gasteiger partial charge in [-0.2, -0.15) is 0 Å². The van der Waals surface area contributed by atoms with Crippen LogP contribution in [0, 0.1) is 17.5 Å². The van der Waals surface area contributed by atoms with Crippen molar-refractivity contribution in [2.75, 3.05) is 6.26 Å². The van der Waals surface area contributed by atoms with Gasteiger partial charge in [0.1, 0.15) is 0 Å². The zero-order valence-electron chi connectivity index (χ0n) is 7.53. The molecule has 0 bridgehead atoms. The summed E-state index contributed by atoms with van der Waals surface area (Å²) in [5, 5.41) is 0. The van der Waals surface area contributed by atoms with Crippen LogP contribution in [0.4, 0.5) is 13.2 Å². The highest BCUT2D eigenvalue weighted by molar-refractivity contribution is 7.98. The number of halogens is 3. The summed E-state index contributed by atoms with van der Waals surface area (Å²) in [6.45, 7) is 1.10. The molecule has 0 saturated heterocycles. The zero-order chi connectivity index (χ0) is 10.9. The Morgan fingerprint density at radius 2 is 1.79 bits per heavy atom. The van der Waals surface area contributed by atoms with Crippen LogP contribution >= 0.6 is 11.8 Å². The van der Waals surface area contributed by atoms with E-state index in [0.717, 1.165) is 24.8 Å². The number of ketones is 1. The summed E-state index contributed by atoms with van der Waals surface area (Å²) in [5.74, 6) is -4.90. The Hall–Kier alpha value is -0.970. The molecule has 76 valence electrons. The predicted octanol–water partition coefficient (Wildman–Crippen LogP) is 3.03. The standard InChI is InChI=1S/C9H7F3OS/c1-4(13)5-3-6(14-2)8(11)9(12)7(5)10/h3H,1-2H3. The van der Waals surface area contributed by atoms with E-state index in [1.165, 1.54) is 6.26 Å². The van der Waals surface area contributed by atoms with Crippen LogP contribution in [0.15, 0.2) is 11.0 Å². The van der Waals surface area contributed by atoms with Gasteiger partial charge in [0.05, 0.1) is 5.56 Å². The van der Waals surface area contributed by atoms with Crippen LogP contribution in [0.2, 0.25) is 0 Å². The van der Waals surface area contributed by atoms with E-state index in [-0.39, 0.29) is 4.90 Å². The van der Waals surface area contributed by atoms with Crippen molar-refractivity contribution in [2.24, 2.45) is 0 Å². The molecular weight excluding hydrogens is 213 g/mol. The van der Waals surface area contributed by atoms with Gasteiger partial charge in [0.2, 0.25) is 0 Å². The summed E-state index contributed by atoms with van der Waals surface area (Å²) in [6.07, 6.45) is 1.51. The monoisotopic (exact) mass is 220 g/mol. The Balaban J connectivity index is 3.48. The highest BCUT2D eigenvalue weighted by Gasteiger charge is 2.20. The topological polar surface area (TPSA) is 17.1 Å². The zero-order valence-corrected chi connectivity index (χ0v) is 8.34. The Morgan fingerprint density at radius 1 is 1.21 bits per heavy atom. The molecule has 0 radical (unpaired) electrons. The predicted molar refractivity (Wildman–Crippen MR) is 48.1 cm³/mol. The molecule has 0 amide bonds. The quantitative estimate of drug-likeness (QED) is 0.433. The van der Waals surface area contributed by atoms with Crippen molar-refractivity contribution in [3.05, 3.63) is 29.1 Å². The van der Waals surface area contributed by atoms with E-state index in [1.807, 2.05) is 0 Å². The smallest absolute Gasteiger partial charge is 0.196 e. The summed E-state index contributed by atoms with van der Waals surface area (Å²) in [6, 6.07) is 1.01. The summed E-state index contributed by atoms with van der Waals surface area (Å²) in [4.78, 5) is 10.8. The lowest BCUT2D eigenvalue weighted by atomic mass is 10.1. The van der Waals surface area contributed by atoms with Crippen molar-refractivity contribution >= 4 is 17.5 Å². The second-order valence-corrected chi connectivity index (χ2v) is 3.47. The van der Waals surface area contributed by atoms with Gasteiger partial charge >= 0.3 is 0 Å². The molecule has 1 rings (SSSR count). The first-order chi connectivity index (χ1) is 6.49. The maximum absolute atomic E-state index is 13.0. The second kappa shape index (κ2) is 4.04. The lowest BCUT2D eigenvalue weighted by Gasteiger charge is -2.05.